The Morgan fingerprint density at radius 2 is 1.62 bits per heavy atom. The standard InChI is InChI=1S/C21H27N3/c1-23-14-16-24(17-15-23)18-20-9-11-21(12-10-20)22-13-5-8-19-6-3-2-4-7-19/h2-12,22H,13-18H2,1H3/b8-5+. The van der Waals surface area contributed by atoms with E-state index in [1.54, 1.807) is 0 Å². The fraction of sp³-hybridized carbons (Fsp3) is 0.333. The molecule has 2 aromatic rings. The van der Waals surface area contributed by atoms with Crippen molar-refractivity contribution in [2.24, 2.45) is 0 Å². The molecule has 3 nitrogen and oxygen atoms in total. The molecule has 0 atom stereocenters. The molecule has 0 saturated carbocycles. The molecule has 0 aromatic heterocycles. The van der Waals surface area contributed by atoms with Gasteiger partial charge in [0.2, 0.25) is 0 Å². The van der Waals surface area contributed by atoms with Gasteiger partial charge in [-0.15, -0.1) is 0 Å². The van der Waals surface area contributed by atoms with Crippen LogP contribution in [0.1, 0.15) is 11.1 Å². The van der Waals surface area contributed by atoms with Gasteiger partial charge in [0, 0.05) is 45.0 Å². The normalized spacial score (nSPS) is 16.5. The Morgan fingerprint density at radius 1 is 0.917 bits per heavy atom. The predicted octanol–water partition coefficient (Wildman–Crippen LogP) is 3.56. The van der Waals surface area contributed by atoms with Crippen molar-refractivity contribution in [3.05, 3.63) is 71.8 Å². The smallest absolute Gasteiger partial charge is 0.0342 e. The molecule has 1 aliphatic heterocycles. The zero-order chi connectivity index (χ0) is 16.6. The highest BCUT2D eigenvalue weighted by Crippen LogP contribution is 2.12. The molecule has 1 aliphatic rings. The number of hydrogen-bond acceptors (Lipinski definition) is 3. The van der Waals surface area contributed by atoms with Crippen molar-refractivity contribution in [2.45, 2.75) is 6.54 Å². The lowest BCUT2D eigenvalue weighted by molar-refractivity contribution is 0.148. The maximum Gasteiger partial charge on any atom is 0.0342 e. The average Bonchev–Trinajstić information content (AvgIpc) is 2.63. The first-order chi connectivity index (χ1) is 11.8. The molecule has 0 bridgehead atoms. The van der Waals surface area contributed by atoms with Gasteiger partial charge in [0.1, 0.15) is 0 Å². The van der Waals surface area contributed by atoms with Crippen LogP contribution in [0.2, 0.25) is 0 Å². The van der Waals surface area contributed by atoms with Gasteiger partial charge in [-0.05, 0) is 30.3 Å². The summed E-state index contributed by atoms with van der Waals surface area (Å²) in [6, 6.07) is 19.2. The highest BCUT2D eigenvalue weighted by atomic mass is 15.2. The molecule has 0 aliphatic carbocycles. The number of likely N-dealkylation sites (N-methyl/N-ethyl adjacent to an activating group) is 1. The molecule has 0 spiro atoms. The van der Waals surface area contributed by atoms with Crippen LogP contribution < -0.4 is 5.32 Å². The third kappa shape index (κ3) is 5.22. The van der Waals surface area contributed by atoms with Gasteiger partial charge in [-0.2, -0.15) is 0 Å². The van der Waals surface area contributed by atoms with Gasteiger partial charge in [0.25, 0.3) is 0 Å². The zero-order valence-electron chi connectivity index (χ0n) is 14.5. The van der Waals surface area contributed by atoms with Gasteiger partial charge in [-0.3, -0.25) is 4.90 Å². The maximum atomic E-state index is 3.44. The summed E-state index contributed by atoms with van der Waals surface area (Å²) in [5.41, 5.74) is 3.81. The minimum absolute atomic E-state index is 0.840. The second-order valence-electron chi connectivity index (χ2n) is 6.47. The van der Waals surface area contributed by atoms with Crippen molar-refractivity contribution in [1.29, 1.82) is 0 Å². The van der Waals surface area contributed by atoms with E-state index in [0.29, 0.717) is 0 Å². The van der Waals surface area contributed by atoms with Crippen LogP contribution in [0.4, 0.5) is 5.69 Å². The van der Waals surface area contributed by atoms with Crippen LogP contribution in [-0.4, -0.2) is 49.6 Å². The SMILES string of the molecule is CN1CCN(Cc2ccc(NC/C=C/c3ccccc3)cc2)CC1. The maximum absolute atomic E-state index is 3.44. The summed E-state index contributed by atoms with van der Waals surface area (Å²) >= 11 is 0. The van der Waals surface area contributed by atoms with Crippen LogP contribution in [0.25, 0.3) is 6.08 Å². The van der Waals surface area contributed by atoms with E-state index in [9.17, 15) is 0 Å². The molecule has 1 heterocycles. The molecule has 0 unspecified atom stereocenters. The third-order valence-corrected chi connectivity index (χ3v) is 4.49. The van der Waals surface area contributed by atoms with Crippen molar-refractivity contribution >= 4 is 11.8 Å². The highest BCUT2D eigenvalue weighted by molar-refractivity contribution is 5.51. The molecule has 126 valence electrons. The summed E-state index contributed by atoms with van der Waals surface area (Å²) in [6.45, 7) is 6.58. The number of hydrogen-bond donors (Lipinski definition) is 1. The lowest BCUT2D eigenvalue weighted by atomic mass is 10.1. The Balaban J connectivity index is 1.43. The van der Waals surface area contributed by atoms with Gasteiger partial charge in [-0.1, -0.05) is 54.6 Å². The summed E-state index contributed by atoms with van der Waals surface area (Å²) in [5.74, 6) is 0. The second kappa shape index (κ2) is 8.67. The average molecular weight is 321 g/mol. The van der Waals surface area contributed by atoms with Crippen LogP contribution in [0.15, 0.2) is 60.7 Å². The summed E-state index contributed by atoms with van der Waals surface area (Å²) in [7, 11) is 2.20. The van der Waals surface area contributed by atoms with E-state index >= 15 is 0 Å². The minimum Gasteiger partial charge on any atom is -0.382 e. The molecule has 1 saturated heterocycles. The number of nitrogens with zero attached hydrogens (tertiary/aromatic N) is 2. The van der Waals surface area contributed by atoms with Crippen LogP contribution in [-0.2, 0) is 6.54 Å². The number of anilines is 1. The van der Waals surface area contributed by atoms with E-state index in [1.807, 2.05) is 6.07 Å². The molecular weight excluding hydrogens is 294 g/mol. The topological polar surface area (TPSA) is 18.5 Å². The minimum atomic E-state index is 0.840. The summed E-state index contributed by atoms with van der Waals surface area (Å²) < 4.78 is 0. The van der Waals surface area contributed by atoms with E-state index in [0.717, 1.165) is 13.1 Å². The zero-order valence-corrected chi connectivity index (χ0v) is 14.5. The van der Waals surface area contributed by atoms with E-state index in [-0.39, 0.29) is 0 Å². The van der Waals surface area contributed by atoms with Crippen molar-refractivity contribution < 1.29 is 0 Å². The van der Waals surface area contributed by atoms with Crippen molar-refractivity contribution in [3.8, 4) is 0 Å². The van der Waals surface area contributed by atoms with Gasteiger partial charge in [0.05, 0.1) is 0 Å². The quantitative estimate of drug-likeness (QED) is 0.877. The molecule has 3 rings (SSSR count). The Morgan fingerprint density at radius 3 is 2.33 bits per heavy atom. The predicted molar refractivity (Wildman–Crippen MR) is 103 cm³/mol. The molecule has 3 heteroatoms. The van der Waals surface area contributed by atoms with Crippen molar-refractivity contribution in [1.82, 2.24) is 9.80 Å². The summed E-state index contributed by atoms with van der Waals surface area (Å²) in [6.07, 6.45) is 4.31. The molecular formula is C21H27N3. The van der Waals surface area contributed by atoms with Gasteiger partial charge < -0.3 is 10.2 Å². The molecule has 2 aromatic carbocycles. The van der Waals surface area contributed by atoms with Gasteiger partial charge >= 0.3 is 0 Å². The Hall–Kier alpha value is -2.10. The Bertz CT molecular complexity index is 626. The van der Waals surface area contributed by atoms with Crippen LogP contribution >= 0.6 is 0 Å². The largest absolute Gasteiger partial charge is 0.382 e. The molecule has 0 radical (unpaired) electrons. The van der Waals surface area contributed by atoms with Crippen molar-refractivity contribution in [3.63, 3.8) is 0 Å². The number of rotatable bonds is 6. The fourth-order valence-corrected chi connectivity index (χ4v) is 2.93. The fourth-order valence-electron chi connectivity index (χ4n) is 2.93. The molecule has 1 fully saturated rings. The second-order valence-corrected chi connectivity index (χ2v) is 6.47. The highest BCUT2D eigenvalue weighted by Gasteiger charge is 2.13. The van der Waals surface area contributed by atoms with Gasteiger partial charge in [0.15, 0.2) is 0 Å². The monoisotopic (exact) mass is 321 g/mol. The number of piperazine rings is 1. The molecule has 1 N–H and O–H groups in total. The molecule has 0 amide bonds. The van der Waals surface area contributed by atoms with E-state index < -0.39 is 0 Å². The van der Waals surface area contributed by atoms with Gasteiger partial charge in [-0.25, -0.2) is 0 Å². The van der Waals surface area contributed by atoms with E-state index in [4.69, 9.17) is 0 Å². The Labute approximate surface area is 145 Å². The first-order valence-corrected chi connectivity index (χ1v) is 8.75. The van der Waals surface area contributed by atoms with E-state index in [1.165, 1.54) is 43.0 Å². The van der Waals surface area contributed by atoms with Crippen molar-refractivity contribution in [2.75, 3.05) is 45.1 Å². The summed E-state index contributed by atoms with van der Waals surface area (Å²) in [4.78, 5) is 4.93. The lowest BCUT2D eigenvalue weighted by Crippen LogP contribution is -2.43. The third-order valence-electron chi connectivity index (χ3n) is 4.49. The van der Waals surface area contributed by atoms with Crippen LogP contribution in [0.5, 0.6) is 0 Å². The first kappa shape index (κ1) is 16.7. The number of benzene rings is 2. The lowest BCUT2D eigenvalue weighted by Gasteiger charge is -2.32. The van der Waals surface area contributed by atoms with E-state index in [2.05, 4.69) is 82.8 Å². The molecule has 24 heavy (non-hydrogen) atoms. The number of nitrogens with one attached hydrogen (secondary N) is 1. The first-order valence-electron chi connectivity index (χ1n) is 8.75. The Kier molecular flexibility index (Phi) is 6.05. The summed E-state index contributed by atoms with van der Waals surface area (Å²) in [5, 5.41) is 3.44. The van der Waals surface area contributed by atoms with Crippen LogP contribution in [0, 0.1) is 0 Å². The van der Waals surface area contributed by atoms with Crippen LogP contribution in [0.3, 0.4) is 0 Å².